The van der Waals surface area contributed by atoms with E-state index in [0.29, 0.717) is 61.4 Å². The molecule has 14 heteroatoms. The third kappa shape index (κ3) is 7.79. The minimum atomic E-state index is -3.77. The number of tetrazole rings is 1. The predicted octanol–water partition coefficient (Wildman–Crippen LogP) is 2.99. The highest BCUT2D eigenvalue weighted by atomic mass is 32.2. The van der Waals surface area contributed by atoms with Gasteiger partial charge in [0.2, 0.25) is 27.7 Å². The fourth-order valence-electron chi connectivity index (χ4n) is 6.33. The van der Waals surface area contributed by atoms with E-state index < -0.39 is 16.1 Å². The number of carbonyl (C=O) groups is 2. The van der Waals surface area contributed by atoms with Gasteiger partial charge < -0.3 is 21.1 Å². The summed E-state index contributed by atoms with van der Waals surface area (Å²) in [6.07, 6.45) is 3.41. The quantitative estimate of drug-likeness (QED) is 0.186. The number of ether oxygens (including phenoxy) is 1. The number of morpholine rings is 1. The van der Waals surface area contributed by atoms with Crippen LogP contribution < -0.4 is 16.4 Å². The molecule has 1 atom stereocenters. The van der Waals surface area contributed by atoms with Crippen molar-refractivity contribution in [1.29, 1.82) is 0 Å². The van der Waals surface area contributed by atoms with Crippen LogP contribution in [0.5, 0.6) is 0 Å². The average molecular weight is 673 g/mol. The Hall–Kier alpha value is -4.50. The third-order valence-electron chi connectivity index (χ3n) is 9.09. The molecule has 2 aliphatic rings. The number of nitrogens with one attached hydrogen (secondary N) is 3. The van der Waals surface area contributed by atoms with Gasteiger partial charge in [-0.15, -0.1) is 10.2 Å². The van der Waals surface area contributed by atoms with Gasteiger partial charge in [-0.3, -0.25) is 9.59 Å². The summed E-state index contributed by atoms with van der Waals surface area (Å²) < 4.78 is 34.1. The van der Waals surface area contributed by atoms with Gasteiger partial charge in [-0.1, -0.05) is 42.5 Å². The lowest BCUT2D eigenvalue weighted by molar-refractivity contribution is -0.130. The largest absolute Gasteiger partial charge is 0.379 e. The molecule has 3 aromatic carbocycles. The van der Waals surface area contributed by atoms with Crippen LogP contribution >= 0.6 is 0 Å². The number of benzene rings is 3. The molecule has 2 fully saturated rings. The van der Waals surface area contributed by atoms with Gasteiger partial charge in [0, 0.05) is 42.2 Å². The van der Waals surface area contributed by atoms with Crippen molar-refractivity contribution in [1.82, 2.24) is 30.2 Å². The summed E-state index contributed by atoms with van der Waals surface area (Å²) >= 11 is 0. The number of sulfonamides is 1. The zero-order valence-corrected chi connectivity index (χ0v) is 27.4. The number of aromatic amines is 1. The Balaban J connectivity index is 1.24. The smallest absolute Gasteiger partial charge is 0.247 e. The first kappa shape index (κ1) is 33.4. The fraction of sp³-hybridized carbons (Fsp3) is 0.382. The van der Waals surface area contributed by atoms with Gasteiger partial charge >= 0.3 is 0 Å². The predicted molar refractivity (Wildman–Crippen MR) is 180 cm³/mol. The summed E-state index contributed by atoms with van der Waals surface area (Å²) in [5.74, 6) is 0.131. The molecule has 0 unspecified atom stereocenters. The van der Waals surface area contributed by atoms with Crippen molar-refractivity contribution in [3.63, 3.8) is 0 Å². The second-order valence-electron chi connectivity index (χ2n) is 12.2. The van der Waals surface area contributed by atoms with E-state index in [2.05, 4.69) is 31.3 Å². The molecule has 5 N–H and O–H groups in total. The van der Waals surface area contributed by atoms with Gasteiger partial charge in [-0.25, -0.2) is 8.42 Å². The number of H-pyrrole nitrogens is 1. The molecule has 13 nitrogen and oxygen atoms in total. The minimum absolute atomic E-state index is 0.156. The molecule has 1 aromatic heterocycles. The molecule has 1 aliphatic carbocycles. The van der Waals surface area contributed by atoms with E-state index in [9.17, 15) is 18.0 Å². The first-order chi connectivity index (χ1) is 23.3. The van der Waals surface area contributed by atoms with Gasteiger partial charge in [0.25, 0.3) is 0 Å². The maximum absolute atomic E-state index is 13.8. The number of aromatic nitrogens is 4. The van der Waals surface area contributed by atoms with Crippen LogP contribution in [0.1, 0.15) is 31.2 Å². The van der Waals surface area contributed by atoms with Crippen molar-refractivity contribution in [3.05, 3.63) is 78.4 Å². The number of rotatable bonds is 11. The van der Waals surface area contributed by atoms with Gasteiger partial charge in [-0.2, -0.15) is 9.52 Å². The number of hydrogen-bond donors (Lipinski definition) is 4. The number of amides is 2. The molecule has 2 amide bonds. The molecule has 4 aromatic rings. The zero-order chi connectivity index (χ0) is 33.5. The van der Waals surface area contributed by atoms with Crippen LogP contribution in [-0.4, -0.2) is 84.1 Å². The molecule has 6 rings (SSSR count). The van der Waals surface area contributed by atoms with E-state index >= 15 is 0 Å². The molecule has 0 spiro atoms. The lowest BCUT2D eigenvalue weighted by atomic mass is 9.81. The monoisotopic (exact) mass is 672 g/mol. The summed E-state index contributed by atoms with van der Waals surface area (Å²) in [5.41, 5.74) is 9.17. The van der Waals surface area contributed by atoms with Crippen molar-refractivity contribution in [2.75, 3.05) is 38.2 Å². The maximum Gasteiger partial charge on any atom is 0.247 e. The van der Waals surface area contributed by atoms with Crippen LogP contribution in [0.25, 0.3) is 22.5 Å². The summed E-state index contributed by atoms with van der Waals surface area (Å²) in [6, 6.07) is 20.5. The van der Waals surface area contributed by atoms with Crippen molar-refractivity contribution < 1.29 is 22.7 Å². The second-order valence-corrected chi connectivity index (χ2v) is 14.1. The van der Waals surface area contributed by atoms with Crippen LogP contribution in [0, 0.1) is 11.8 Å². The molecule has 252 valence electrons. The van der Waals surface area contributed by atoms with Crippen LogP contribution in [-0.2, 0) is 30.8 Å². The minimum Gasteiger partial charge on any atom is -0.379 e. The highest BCUT2D eigenvalue weighted by molar-refractivity contribution is 7.89. The highest BCUT2D eigenvalue weighted by Crippen LogP contribution is 2.31. The van der Waals surface area contributed by atoms with E-state index in [0.717, 1.165) is 36.8 Å². The molecule has 1 aliphatic heterocycles. The molecule has 1 saturated carbocycles. The van der Waals surface area contributed by atoms with Crippen LogP contribution in [0.3, 0.4) is 0 Å². The van der Waals surface area contributed by atoms with Crippen molar-refractivity contribution >= 4 is 27.5 Å². The van der Waals surface area contributed by atoms with E-state index in [4.69, 9.17) is 10.5 Å². The molecule has 48 heavy (non-hydrogen) atoms. The summed E-state index contributed by atoms with van der Waals surface area (Å²) in [5, 5.41) is 19.9. The Bertz CT molecular complexity index is 1800. The molecule has 0 radical (unpaired) electrons. The Morgan fingerprint density at radius 3 is 2.42 bits per heavy atom. The standard InChI is InChI=1S/C34H40N8O5S/c35-22-23-8-10-26(11-9-23)33(43)37-30(34(44)36-28-14-12-25(13-15-28)32-38-40-41-39-32)21-24-4-3-5-27(20-24)29-6-1-2-7-31(29)48(45,46)42-16-18-47-19-17-42/h1-7,12-15,20,23,26,30H,8-11,16-19,21-22,35H2,(H,36,44)(H,37,43)(H,38,39,40,41)/t23?,26?,30-/m0/s1. The Labute approximate surface area is 279 Å². The Morgan fingerprint density at radius 2 is 1.71 bits per heavy atom. The molecule has 1 saturated heterocycles. The number of nitrogens with zero attached hydrogens (tertiary/aromatic N) is 4. The van der Waals surface area contributed by atoms with Crippen molar-refractivity contribution in [2.24, 2.45) is 17.6 Å². The van der Waals surface area contributed by atoms with Gasteiger partial charge in [0.15, 0.2) is 0 Å². The van der Waals surface area contributed by atoms with E-state index in [1.54, 1.807) is 48.5 Å². The second kappa shape index (κ2) is 15.2. The van der Waals surface area contributed by atoms with E-state index in [-0.39, 0.29) is 29.0 Å². The van der Waals surface area contributed by atoms with Crippen molar-refractivity contribution in [3.8, 4) is 22.5 Å². The fourth-order valence-corrected chi connectivity index (χ4v) is 7.96. The molecular weight excluding hydrogens is 632 g/mol. The Morgan fingerprint density at radius 1 is 0.958 bits per heavy atom. The average Bonchev–Trinajstić information content (AvgIpc) is 3.67. The number of anilines is 1. The number of nitrogens with two attached hydrogens (primary N) is 1. The van der Waals surface area contributed by atoms with E-state index in [1.807, 2.05) is 24.3 Å². The third-order valence-corrected chi connectivity index (χ3v) is 11.0. The molecule has 2 heterocycles. The lowest BCUT2D eigenvalue weighted by Gasteiger charge is -2.28. The molecule has 0 bridgehead atoms. The van der Waals surface area contributed by atoms with Gasteiger partial charge in [0.1, 0.15) is 6.04 Å². The highest BCUT2D eigenvalue weighted by Gasteiger charge is 2.31. The van der Waals surface area contributed by atoms with Crippen LogP contribution in [0.15, 0.2) is 77.7 Å². The van der Waals surface area contributed by atoms with Gasteiger partial charge in [-0.05, 0) is 84.8 Å². The maximum atomic E-state index is 13.8. The molecular formula is C34H40N8O5S. The van der Waals surface area contributed by atoms with E-state index in [1.165, 1.54) is 4.31 Å². The van der Waals surface area contributed by atoms with Crippen LogP contribution in [0.2, 0.25) is 0 Å². The Kier molecular flexibility index (Phi) is 10.5. The normalized spacial score (nSPS) is 19.4. The van der Waals surface area contributed by atoms with Crippen LogP contribution in [0.4, 0.5) is 5.69 Å². The first-order valence-electron chi connectivity index (χ1n) is 16.2. The van der Waals surface area contributed by atoms with Crippen molar-refractivity contribution in [2.45, 2.75) is 43.0 Å². The number of hydrogen-bond acceptors (Lipinski definition) is 9. The summed E-state index contributed by atoms with van der Waals surface area (Å²) in [6.45, 7) is 1.90. The lowest BCUT2D eigenvalue weighted by Crippen LogP contribution is -2.48. The SMILES string of the molecule is NCC1CCC(C(=O)N[C@@H](Cc2cccc(-c3ccccc3S(=O)(=O)N3CCOCC3)c2)C(=O)Nc2ccc(-c3nn[nH]n3)cc2)CC1. The first-order valence-corrected chi connectivity index (χ1v) is 17.7. The summed E-state index contributed by atoms with van der Waals surface area (Å²) in [7, 11) is -3.77. The van der Waals surface area contributed by atoms with Gasteiger partial charge in [0.05, 0.1) is 18.1 Å². The zero-order valence-electron chi connectivity index (χ0n) is 26.5. The summed E-state index contributed by atoms with van der Waals surface area (Å²) in [4.78, 5) is 27.5. The topological polar surface area (TPSA) is 185 Å². The number of carbonyl (C=O) groups excluding carboxylic acids is 2.